The van der Waals surface area contributed by atoms with Gasteiger partial charge in [-0.3, -0.25) is 5.32 Å². The highest BCUT2D eigenvalue weighted by Gasteiger charge is 2.43. The highest BCUT2D eigenvalue weighted by molar-refractivity contribution is 5.15. The van der Waals surface area contributed by atoms with Gasteiger partial charge in [-0.05, 0) is 51.6 Å². The van der Waals surface area contributed by atoms with Crippen molar-refractivity contribution in [2.24, 2.45) is 0 Å². The smallest absolute Gasteiger partial charge is 0.108 e. The molecule has 1 N–H and O–H groups in total. The first-order chi connectivity index (χ1) is 8.23. The summed E-state index contributed by atoms with van der Waals surface area (Å²) in [5.74, 6) is 0. The van der Waals surface area contributed by atoms with E-state index in [9.17, 15) is 5.26 Å². The number of nitrogens with zero attached hydrogens (tertiary/aromatic N) is 2. The van der Waals surface area contributed by atoms with Crippen LogP contribution in [0.1, 0.15) is 52.4 Å². The summed E-state index contributed by atoms with van der Waals surface area (Å²) in [4.78, 5) is 2.55. The van der Waals surface area contributed by atoms with E-state index in [2.05, 4.69) is 30.1 Å². The molecule has 0 amide bonds. The van der Waals surface area contributed by atoms with Crippen molar-refractivity contribution >= 4 is 0 Å². The van der Waals surface area contributed by atoms with Gasteiger partial charge >= 0.3 is 0 Å². The zero-order chi connectivity index (χ0) is 12.3. The second kappa shape index (κ2) is 5.37. The number of hydrogen-bond acceptors (Lipinski definition) is 3. The summed E-state index contributed by atoms with van der Waals surface area (Å²) in [6, 6.07) is 3.81. The van der Waals surface area contributed by atoms with Crippen LogP contribution in [0.2, 0.25) is 0 Å². The molecule has 2 unspecified atom stereocenters. The van der Waals surface area contributed by atoms with Crippen LogP contribution in [-0.2, 0) is 0 Å². The molecule has 0 aromatic heterocycles. The van der Waals surface area contributed by atoms with Gasteiger partial charge in [0.05, 0.1) is 6.07 Å². The Balaban J connectivity index is 1.93. The van der Waals surface area contributed by atoms with Crippen LogP contribution in [0.4, 0.5) is 0 Å². The molecular formula is C14H25N3. The number of nitrogens with one attached hydrogen (secondary N) is 1. The Morgan fingerprint density at radius 2 is 2.12 bits per heavy atom. The third-order valence-corrected chi connectivity index (χ3v) is 4.19. The molecule has 0 bridgehead atoms. The Morgan fingerprint density at radius 1 is 1.35 bits per heavy atom. The molecule has 0 aromatic rings. The lowest BCUT2D eigenvalue weighted by Gasteiger charge is -2.29. The lowest BCUT2D eigenvalue weighted by atomic mass is 9.99. The summed E-state index contributed by atoms with van der Waals surface area (Å²) in [6.07, 6.45) is 6.97. The van der Waals surface area contributed by atoms with E-state index in [1.807, 2.05) is 0 Å². The zero-order valence-electron chi connectivity index (χ0n) is 11.2. The topological polar surface area (TPSA) is 39.1 Å². The van der Waals surface area contributed by atoms with E-state index < -0.39 is 0 Å². The maximum atomic E-state index is 9.46. The van der Waals surface area contributed by atoms with Crippen LogP contribution in [0.3, 0.4) is 0 Å². The minimum Gasteiger partial charge on any atom is -0.301 e. The van der Waals surface area contributed by atoms with Gasteiger partial charge in [-0.15, -0.1) is 0 Å². The van der Waals surface area contributed by atoms with Crippen molar-refractivity contribution in [3.05, 3.63) is 0 Å². The maximum absolute atomic E-state index is 9.46. The maximum Gasteiger partial charge on any atom is 0.108 e. The van der Waals surface area contributed by atoms with Gasteiger partial charge in [0.25, 0.3) is 0 Å². The van der Waals surface area contributed by atoms with Crippen LogP contribution < -0.4 is 5.32 Å². The summed E-state index contributed by atoms with van der Waals surface area (Å²) >= 11 is 0. The third kappa shape index (κ3) is 3.00. The van der Waals surface area contributed by atoms with Crippen molar-refractivity contribution in [2.45, 2.75) is 70.0 Å². The van der Waals surface area contributed by atoms with E-state index in [0.717, 1.165) is 19.4 Å². The van der Waals surface area contributed by atoms with Crippen LogP contribution >= 0.6 is 0 Å². The Bertz CT molecular complexity index is 292. The van der Waals surface area contributed by atoms with E-state index in [-0.39, 0.29) is 5.54 Å². The summed E-state index contributed by atoms with van der Waals surface area (Å²) in [7, 11) is 0. The van der Waals surface area contributed by atoms with Crippen LogP contribution in [0.5, 0.6) is 0 Å². The molecule has 0 heterocycles. The standard InChI is InChI=1S/C14H25N3/c1-3-9-17(4-2)13-7-8-14(10-13,11-15)16-12-5-6-12/h12-13,16H,3-10H2,1-2H3. The Morgan fingerprint density at radius 3 is 2.65 bits per heavy atom. The molecule has 2 atom stereocenters. The molecule has 0 aliphatic heterocycles. The molecule has 0 saturated heterocycles. The minimum absolute atomic E-state index is 0.215. The molecule has 2 aliphatic rings. The highest BCUT2D eigenvalue weighted by atomic mass is 15.2. The largest absolute Gasteiger partial charge is 0.301 e. The van der Waals surface area contributed by atoms with Gasteiger partial charge in [-0.2, -0.15) is 5.26 Å². The lowest BCUT2D eigenvalue weighted by Crippen LogP contribution is -2.45. The Kier molecular flexibility index (Phi) is 4.06. The van der Waals surface area contributed by atoms with Crippen LogP contribution in [0.15, 0.2) is 0 Å². The summed E-state index contributed by atoms with van der Waals surface area (Å²) in [5, 5.41) is 13.0. The van der Waals surface area contributed by atoms with Gasteiger partial charge in [-0.1, -0.05) is 13.8 Å². The van der Waals surface area contributed by atoms with Gasteiger partial charge in [0.15, 0.2) is 0 Å². The summed E-state index contributed by atoms with van der Waals surface area (Å²) in [6.45, 7) is 6.75. The van der Waals surface area contributed by atoms with Gasteiger partial charge < -0.3 is 4.90 Å². The second-order valence-corrected chi connectivity index (χ2v) is 5.64. The molecule has 0 radical (unpaired) electrons. The first-order valence-electron chi connectivity index (χ1n) is 7.16. The summed E-state index contributed by atoms with van der Waals surface area (Å²) < 4.78 is 0. The first-order valence-corrected chi connectivity index (χ1v) is 7.16. The van der Waals surface area contributed by atoms with Crippen molar-refractivity contribution in [1.29, 1.82) is 5.26 Å². The number of hydrogen-bond donors (Lipinski definition) is 1. The van der Waals surface area contributed by atoms with Crippen LogP contribution in [0, 0.1) is 11.3 Å². The summed E-state index contributed by atoms with van der Waals surface area (Å²) in [5.41, 5.74) is -0.215. The lowest BCUT2D eigenvalue weighted by molar-refractivity contribution is 0.202. The molecule has 3 nitrogen and oxygen atoms in total. The van der Waals surface area contributed by atoms with Crippen molar-refractivity contribution in [3.63, 3.8) is 0 Å². The van der Waals surface area contributed by atoms with Crippen molar-refractivity contribution in [2.75, 3.05) is 13.1 Å². The normalized spacial score (nSPS) is 32.9. The average Bonchev–Trinajstić information content (AvgIpc) is 3.05. The van der Waals surface area contributed by atoms with Crippen molar-refractivity contribution in [3.8, 4) is 6.07 Å². The van der Waals surface area contributed by atoms with Crippen LogP contribution in [0.25, 0.3) is 0 Å². The molecule has 0 aromatic carbocycles. The van der Waals surface area contributed by atoms with E-state index in [0.29, 0.717) is 12.1 Å². The molecule has 96 valence electrons. The van der Waals surface area contributed by atoms with Gasteiger partial charge in [-0.25, -0.2) is 0 Å². The molecule has 0 spiro atoms. The van der Waals surface area contributed by atoms with Gasteiger partial charge in [0, 0.05) is 12.1 Å². The SMILES string of the molecule is CCCN(CC)C1CCC(C#N)(NC2CC2)C1. The Hall–Kier alpha value is -0.590. The third-order valence-electron chi connectivity index (χ3n) is 4.19. The molecule has 2 fully saturated rings. The van der Waals surface area contributed by atoms with Gasteiger partial charge in [0.1, 0.15) is 5.54 Å². The fourth-order valence-corrected chi connectivity index (χ4v) is 3.10. The fourth-order valence-electron chi connectivity index (χ4n) is 3.10. The predicted molar refractivity (Wildman–Crippen MR) is 69.7 cm³/mol. The molecule has 17 heavy (non-hydrogen) atoms. The predicted octanol–water partition coefficient (Wildman–Crippen LogP) is 2.29. The van der Waals surface area contributed by atoms with E-state index in [1.54, 1.807) is 0 Å². The van der Waals surface area contributed by atoms with E-state index >= 15 is 0 Å². The minimum atomic E-state index is -0.215. The highest BCUT2D eigenvalue weighted by Crippen LogP contribution is 2.35. The van der Waals surface area contributed by atoms with Gasteiger partial charge in [0.2, 0.25) is 0 Å². The molecule has 3 heteroatoms. The second-order valence-electron chi connectivity index (χ2n) is 5.64. The average molecular weight is 235 g/mol. The number of nitriles is 1. The fraction of sp³-hybridized carbons (Fsp3) is 0.929. The van der Waals surface area contributed by atoms with Crippen LogP contribution in [-0.4, -0.2) is 35.6 Å². The quantitative estimate of drug-likeness (QED) is 0.767. The van der Waals surface area contributed by atoms with Crippen molar-refractivity contribution in [1.82, 2.24) is 10.2 Å². The molecule has 2 rings (SSSR count). The number of rotatable bonds is 6. The van der Waals surface area contributed by atoms with E-state index in [4.69, 9.17) is 0 Å². The van der Waals surface area contributed by atoms with E-state index in [1.165, 1.54) is 32.2 Å². The first kappa shape index (κ1) is 12.9. The van der Waals surface area contributed by atoms with Crippen molar-refractivity contribution < 1.29 is 0 Å². The molecule has 2 aliphatic carbocycles. The monoisotopic (exact) mass is 235 g/mol. The molecular weight excluding hydrogens is 210 g/mol. The zero-order valence-corrected chi connectivity index (χ0v) is 11.2. The molecule has 2 saturated carbocycles. The Labute approximate surface area is 105 Å².